The summed E-state index contributed by atoms with van der Waals surface area (Å²) >= 11 is 0. The van der Waals surface area contributed by atoms with Gasteiger partial charge in [-0.15, -0.1) is 0 Å². The first-order chi connectivity index (χ1) is 12.0. The van der Waals surface area contributed by atoms with Crippen molar-refractivity contribution in [3.63, 3.8) is 0 Å². The second-order valence-corrected chi connectivity index (χ2v) is 7.46. The highest BCUT2D eigenvalue weighted by Gasteiger charge is 2.46. The van der Waals surface area contributed by atoms with Gasteiger partial charge in [-0.1, -0.05) is 12.1 Å². The van der Waals surface area contributed by atoms with Crippen molar-refractivity contribution in [2.45, 2.75) is 45.1 Å². The molecule has 1 aromatic carbocycles. The molecule has 2 fully saturated rings. The van der Waals surface area contributed by atoms with E-state index in [4.69, 9.17) is 0 Å². The Balaban J connectivity index is 1.43. The number of rotatable bonds is 3. The molecule has 0 radical (unpaired) electrons. The number of hydrogen-bond acceptors (Lipinski definition) is 2. The molecule has 1 aliphatic heterocycles. The molecule has 1 aromatic heterocycles. The third kappa shape index (κ3) is 3.20. The molecule has 1 saturated carbocycles. The van der Waals surface area contributed by atoms with Gasteiger partial charge in [-0.05, 0) is 62.8 Å². The number of likely N-dealkylation sites (tertiary alicyclic amines) is 1. The maximum absolute atomic E-state index is 13.4. The number of hydrogen-bond donors (Lipinski definition) is 0. The van der Waals surface area contributed by atoms with Crippen molar-refractivity contribution in [3.8, 4) is 0 Å². The van der Waals surface area contributed by atoms with Gasteiger partial charge < -0.3 is 4.90 Å². The maximum atomic E-state index is 13.4. The Labute approximate surface area is 147 Å². The van der Waals surface area contributed by atoms with Crippen LogP contribution in [0.15, 0.2) is 30.3 Å². The van der Waals surface area contributed by atoms with Crippen LogP contribution >= 0.6 is 0 Å². The van der Waals surface area contributed by atoms with E-state index in [2.05, 4.69) is 22.8 Å². The molecular weight excluding hydrogens is 317 g/mol. The van der Waals surface area contributed by atoms with E-state index in [0.29, 0.717) is 0 Å². The monoisotopic (exact) mass is 341 g/mol. The van der Waals surface area contributed by atoms with Crippen LogP contribution in [0, 0.1) is 25.6 Å². The number of benzene rings is 1. The molecule has 1 saturated heterocycles. The molecule has 0 spiro atoms. The molecule has 0 N–H and O–H groups in total. The maximum Gasteiger partial charge on any atom is 0.226 e. The van der Waals surface area contributed by atoms with Crippen LogP contribution in [-0.4, -0.2) is 33.7 Å². The summed E-state index contributed by atoms with van der Waals surface area (Å²) in [4.78, 5) is 14.9. The van der Waals surface area contributed by atoms with Crippen LogP contribution in [0.25, 0.3) is 0 Å². The Bertz CT molecular complexity index is 800. The molecular formula is C20H24FN3O. The molecule has 132 valence electrons. The van der Waals surface area contributed by atoms with Gasteiger partial charge >= 0.3 is 0 Å². The minimum absolute atomic E-state index is 0.0148. The Morgan fingerprint density at radius 1 is 1.28 bits per heavy atom. The van der Waals surface area contributed by atoms with E-state index in [1.807, 2.05) is 17.9 Å². The van der Waals surface area contributed by atoms with E-state index in [9.17, 15) is 9.18 Å². The molecule has 25 heavy (non-hydrogen) atoms. The van der Waals surface area contributed by atoms with Crippen molar-refractivity contribution in [3.05, 3.63) is 53.1 Å². The second kappa shape index (κ2) is 6.28. The zero-order chi connectivity index (χ0) is 17.6. The summed E-state index contributed by atoms with van der Waals surface area (Å²) in [5.41, 5.74) is 3.13. The number of amides is 1. The number of aryl methyl sites for hydroxylation is 2. The molecule has 4 nitrogen and oxygen atoms in total. The number of nitrogens with zero attached hydrogens (tertiary/aromatic N) is 3. The van der Waals surface area contributed by atoms with Crippen molar-refractivity contribution >= 4 is 5.91 Å². The van der Waals surface area contributed by atoms with Crippen LogP contribution in [0.1, 0.15) is 48.2 Å². The number of carbonyl (C=O) groups is 1. The predicted octanol–water partition coefficient (Wildman–Crippen LogP) is 3.61. The Morgan fingerprint density at radius 2 is 2.12 bits per heavy atom. The van der Waals surface area contributed by atoms with Crippen molar-refractivity contribution in [2.24, 2.45) is 5.92 Å². The van der Waals surface area contributed by atoms with Crippen LogP contribution in [0.4, 0.5) is 4.39 Å². The largest absolute Gasteiger partial charge is 0.340 e. The lowest BCUT2D eigenvalue weighted by Gasteiger charge is -2.33. The fourth-order valence-corrected chi connectivity index (χ4v) is 4.18. The van der Waals surface area contributed by atoms with Gasteiger partial charge in [-0.25, -0.2) is 4.39 Å². The fraction of sp³-hybridized carbons (Fsp3) is 0.500. The van der Waals surface area contributed by atoms with E-state index in [-0.39, 0.29) is 29.6 Å². The second-order valence-electron chi connectivity index (χ2n) is 7.46. The van der Waals surface area contributed by atoms with Crippen LogP contribution in [0.3, 0.4) is 0 Å². The molecule has 5 heteroatoms. The molecule has 2 heterocycles. The van der Waals surface area contributed by atoms with Gasteiger partial charge in [0.1, 0.15) is 5.82 Å². The lowest BCUT2D eigenvalue weighted by Crippen LogP contribution is -2.42. The molecule has 4 rings (SSSR count). The van der Waals surface area contributed by atoms with Gasteiger partial charge in [-0.2, -0.15) is 5.10 Å². The van der Waals surface area contributed by atoms with Gasteiger partial charge in [0.15, 0.2) is 0 Å². The Kier molecular flexibility index (Phi) is 4.10. The van der Waals surface area contributed by atoms with Crippen LogP contribution in [-0.2, 0) is 4.79 Å². The molecule has 1 aliphatic carbocycles. The van der Waals surface area contributed by atoms with E-state index in [1.54, 1.807) is 12.1 Å². The van der Waals surface area contributed by atoms with Gasteiger partial charge in [0, 0.05) is 24.7 Å². The Morgan fingerprint density at radius 3 is 2.84 bits per heavy atom. The topological polar surface area (TPSA) is 38.1 Å². The van der Waals surface area contributed by atoms with E-state index >= 15 is 0 Å². The normalized spacial score (nSPS) is 25.9. The van der Waals surface area contributed by atoms with E-state index < -0.39 is 0 Å². The molecule has 0 bridgehead atoms. The summed E-state index contributed by atoms with van der Waals surface area (Å²) in [5.74, 6) is 0.192. The minimum atomic E-state index is -0.224. The number of aromatic nitrogens is 2. The van der Waals surface area contributed by atoms with Crippen LogP contribution < -0.4 is 0 Å². The average Bonchev–Trinajstić information content (AvgIpc) is 3.33. The standard InChI is InChI=1S/C20H24FN3O/c1-13-9-14(2)24(22-13)17-7-4-8-23(12-17)20(25)19-11-18(19)15-5-3-6-16(21)10-15/h3,5-6,9-10,17-19H,4,7-8,11-12H2,1-2H3/t17-,18-,19-/m1/s1. The summed E-state index contributed by atoms with van der Waals surface area (Å²) in [5, 5.41) is 4.60. The summed E-state index contributed by atoms with van der Waals surface area (Å²) in [6.07, 6.45) is 2.90. The van der Waals surface area contributed by atoms with Gasteiger partial charge in [0.05, 0.1) is 11.7 Å². The third-order valence-electron chi connectivity index (χ3n) is 5.48. The fourth-order valence-electron chi connectivity index (χ4n) is 4.18. The van der Waals surface area contributed by atoms with E-state index in [0.717, 1.165) is 49.3 Å². The zero-order valence-corrected chi connectivity index (χ0v) is 14.8. The van der Waals surface area contributed by atoms with Gasteiger partial charge in [-0.3, -0.25) is 9.48 Å². The molecule has 3 atom stereocenters. The highest BCUT2D eigenvalue weighted by molar-refractivity contribution is 5.83. The zero-order valence-electron chi connectivity index (χ0n) is 14.8. The first kappa shape index (κ1) is 16.3. The SMILES string of the molecule is Cc1cc(C)n([C@@H]2CCCN(C(=O)[C@@H]3C[C@@H]3c3cccc(F)c3)C2)n1. The number of piperidine rings is 1. The molecule has 2 aromatic rings. The minimum Gasteiger partial charge on any atom is -0.340 e. The molecule has 2 aliphatic rings. The highest BCUT2D eigenvalue weighted by Crippen LogP contribution is 2.49. The lowest BCUT2D eigenvalue weighted by atomic mass is 10.0. The first-order valence-corrected chi connectivity index (χ1v) is 9.10. The quantitative estimate of drug-likeness (QED) is 0.855. The summed E-state index contributed by atoms with van der Waals surface area (Å²) in [6, 6.07) is 9.01. The van der Waals surface area contributed by atoms with Crippen molar-refractivity contribution in [1.29, 1.82) is 0 Å². The van der Waals surface area contributed by atoms with Crippen LogP contribution in [0.2, 0.25) is 0 Å². The third-order valence-corrected chi connectivity index (χ3v) is 5.48. The summed E-state index contributed by atoms with van der Waals surface area (Å²) in [6.45, 7) is 5.62. The van der Waals surface area contributed by atoms with Crippen molar-refractivity contribution in [2.75, 3.05) is 13.1 Å². The predicted molar refractivity (Wildman–Crippen MR) is 93.8 cm³/mol. The van der Waals surface area contributed by atoms with Crippen LogP contribution in [0.5, 0.6) is 0 Å². The van der Waals surface area contributed by atoms with Gasteiger partial charge in [0.25, 0.3) is 0 Å². The van der Waals surface area contributed by atoms with E-state index in [1.165, 1.54) is 6.07 Å². The van der Waals surface area contributed by atoms with Gasteiger partial charge in [0.2, 0.25) is 5.91 Å². The average molecular weight is 341 g/mol. The van der Waals surface area contributed by atoms with Crippen molar-refractivity contribution in [1.82, 2.24) is 14.7 Å². The first-order valence-electron chi connectivity index (χ1n) is 9.10. The lowest BCUT2D eigenvalue weighted by molar-refractivity contribution is -0.134. The molecule has 0 unspecified atom stereocenters. The van der Waals surface area contributed by atoms with Crippen molar-refractivity contribution < 1.29 is 9.18 Å². The Hall–Kier alpha value is -2.17. The summed E-state index contributed by atoms with van der Waals surface area (Å²) < 4.78 is 15.5. The molecule has 1 amide bonds. The number of carbonyl (C=O) groups excluding carboxylic acids is 1. The number of halogens is 1. The smallest absolute Gasteiger partial charge is 0.226 e. The highest BCUT2D eigenvalue weighted by atomic mass is 19.1. The summed E-state index contributed by atoms with van der Waals surface area (Å²) in [7, 11) is 0.